The van der Waals surface area contributed by atoms with E-state index in [0.717, 1.165) is 11.1 Å². The molecule has 9 nitrogen and oxygen atoms in total. The average Bonchev–Trinajstić information content (AvgIpc) is 3.28. The van der Waals surface area contributed by atoms with Crippen molar-refractivity contribution >= 4 is 16.0 Å². The number of carbonyl (C=O) groups excluding carboxylic acids is 1. The van der Waals surface area contributed by atoms with Crippen molar-refractivity contribution in [3.63, 3.8) is 0 Å². The van der Waals surface area contributed by atoms with E-state index in [9.17, 15) is 13.2 Å². The molecule has 0 bridgehead atoms. The molecule has 0 saturated carbocycles. The van der Waals surface area contributed by atoms with Crippen LogP contribution in [0.15, 0.2) is 58.2 Å². The molecule has 1 saturated heterocycles. The number of hydrogen-bond donors (Lipinski definition) is 0. The van der Waals surface area contributed by atoms with E-state index in [-0.39, 0.29) is 36.4 Å². The Balaban J connectivity index is 1.29. The summed E-state index contributed by atoms with van der Waals surface area (Å²) in [6.07, 6.45) is 3.62. The minimum atomic E-state index is -3.61. The third-order valence-electron chi connectivity index (χ3n) is 5.18. The van der Waals surface area contributed by atoms with Gasteiger partial charge in [0, 0.05) is 31.0 Å². The molecule has 0 radical (unpaired) electrons. The van der Waals surface area contributed by atoms with Crippen molar-refractivity contribution in [2.24, 2.45) is 5.92 Å². The SMILES string of the molecule is Cc1ccc(-c2noc(COC(=O)C3CCN(S(=O)(=O)c4cccnc4)CC3)n2)cc1. The van der Waals surface area contributed by atoms with Gasteiger partial charge in [0.25, 0.3) is 5.89 Å². The minimum Gasteiger partial charge on any atom is -0.455 e. The topological polar surface area (TPSA) is 115 Å². The van der Waals surface area contributed by atoms with Crippen LogP contribution >= 0.6 is 0 Å². The van der Waals surface area contributed by atoms with Crippen molar-refractivity contribution in [3.8, 4) is 11.4 Å². The molecule has 0 N–H and O–H groups in total. The molecule has 0 aliphatic carbocycles. The highest BCUT2D eigenvalue weighted by Gasteiger charge is 2.33. The van der Waals surface area contributed by atoms with E-state index in [0.29, 0.717) is 18.7 Å². The molecule has 10 heteroatoms. The Morgan fingerprint density at radius 1 is 1.19 bits per heavy atom. The van der Waals surface area contributed by atoms with Crippen LogP contribution in [0.2, 0.25) is 0 Å². The summed E-state index contributed by atoms with van der Waals surface area (Å²) in [5.74, 6) is -0.131. The largest absolute Gasteiger partial charge is 0.455 e. The summed E-state index contributed by atoms with van der Waals surface area (Å²) in [4.78, 5) is 20.7. The maximum absolute atomic E-state index is 12.7. The zero-order chi connectivity index (χ0) is 21.8. The van der Waals surface area contributed by atoms with Crippen molar-refractivity contribution in [1.29, 1.82) is 0 Å². The predicted octanol–water partition coefficient (Wildman–Crippen LogP) is 2.58. The molecule has 2 aromatic heterocycles. The summed E-state index contributed by atoms with van der Waals surface area (Å²) in [5.41, 5.74) is 1.94. The lowest BCUT2D eigenvalue weighted by molar-refractivity contribution is -0.152. The molecule has 31 heavy (non-hydrogen) atoms. The highest BCUT2D eigenvalue weighted by molar-refractivity contribution is 7.89. The normalized spacial score (nSPS) is 15.6. The third kappa shape index (κ3) is 4.80. The summed E-state index contributed by atoms with van der Waals surface area (Å²) in [7, 11) is -3.61. The van der Waals surface area contributed by atoms with Crippen LogP contribution in [0.25, 0.3) is 11.4 Å². The Hall–Kier alpha value is -3.11. The number of pyridine rings is 1. The number of aromatic nitrogens is 3. The Morgan fingerprint density at radius 3 is 2.61 bits per heavy atom. The van der Waals surface area contributed by atoms with E-state index < -0.39 is 16.0 Å². The molecule has 4 rings (SSSR count). The summed E-state index contributed by atoms with van der Waals surface area (Å²) in [5, 5.41) is 3.92. The van der Waals surface area contributed by atoms with Crippen LogP contribution < -0.4 is 0 Å². The van der Waals surface area contributed by atoms with Crippen molar-refractivity contribution in [1.82, 2.24) is 19.4 Å². The van der Waals surface area contributed by atoms with Crippen molar-refractivity contribution in [2.75, 3.05) is 13.1 Å². The van der Waals surface area contributed by atoms with Crippen LogP contribution in [0, 0.1) is 12.8 Å². The van der Waals surface area contributed by atoms with Crippen molar-refractivity contribution in [3.05, 3.63) is 60.2 Å². The number of sulfonamides is 1. The molecule has 1 fully saturated rings. The Bertz CT molecular complexity index is 1140. The van der Waals surface area contributed by atoms with Crippen molar-refractivity contribution < 1.29 is 22.5 Å². The Labute approximate surface area is 180 Å². The molecule has 0 atom stereocenters. The zero-order valence-electron chi connectivity index (χ0n) is 17.0. The van der Waals surface area contributed by atoms with Crippen LogP contribution in [-0.2, 0) is 26.2 Å². The third-order valence-corrected chi connectivity index (χ3v) is 7.06. The highest BCUT2D eigenvalue weighted by atomic mass is 32.2. The number of ether oxygens (including phenoxy) is 1. The lowest BCUT2D eigenvalue weighted by Gasteiger charge is -2.29. The van der Waals surface area contributed by atoms with Gasteiger partial charge in [-0.3, -0.25) is 9.78 Å². The molecule has 0 amide bonds. The molecular formula is C21H22N4O5S. The number of aryl methyl sites for hydroxylation is 1. The predicted molar refractivity (Wildman–Crippen MR) is 110 cm³/mol. The Kier molecular flexibility index (Phi) is 6.10. The van der Waals surface area contributed by atoms with Gasteiger partial charge < -0.3 is 9.26 Å². The van der Waals surface area contributed by atoms with E-state index in [4.69, 9.17) is 9.26 Å². The molecule has 3 aromatic rings. The van der Waals surface area contributed by atoms with Crippen LogP contribution in [0.5, 0.6) is 0 Å². The van der Waals surface area contributed by atoms with Gasteiger partial charge in [0.15, 0.2) is 6.61 Å². The first-order chi connectivity index (χ1) is 14.9. The summed E-state index contributed by atoms with van der Waals surface area (Å²) >= 11 is 0. The van der Waals surface area contributed by atoms with Gasteiger partial charge in [-0.2, -0.15) is 9.29 Å². The average molecular weight is 442 g/mol. The van der Waals surface area contributed by atoms with E-state index in [2.05, 4.69) is 15.1 Å². The molecule has 0 spiro atoms. The number of nitrogens with zero attached hydrogens (tertiary/aromatic N) is 4. The lowest BCUT2D eigenvalue weighted by Crippen LogP contribution is -2.40. The van der Waals surface area contributed by atoms with E-state index >= 15 is 0 Å². The van der Waals surface area contributed by atoms with Gasteiger partial charge in [-0.1, -0.05) is 35.0 Å². The highest BCUT2D eigenvalue weighted by Crippen LogP contribution is 2.24. The van der Waals surface area contributed by atoms with Crippen molar-refractivity contribution in [2.45, 2.75) is 31.3 Å². The second-order valence-corrected chi connectivity index (χ2v) is 9.29. The van der Waals surface area contributed by atoms with Crippen LogP contribution in [0.4, 0.5) is 0 Å². The number of esters is 1. The fraction of sp³-hybridized carbons (Fsp3) is 0.333. The monoisotopic (exact) mass is 442 g/mol. The number of carbonyl (C=O) groups is 1. The number of hydrogen-bond acceptors (Lipinski definition) is 8. The first-order valence-corrected chi connectivity index (χ1v) is 11.3. The first-order valence-electron chi connectivity index (χ1n) is 9.90. The fourth-order valence-electron chi connectivity index (χ4n) is 3.36. The van der Waals surface area contributed by atoms with E-state index in [1.54, 1.807) is 6.07 Å². The Morgan fingerprint density at radius 2 is 1.94 bits per heavy atom. The maximum atomic E-state index is 12.7. The van der Waals surface area contributed by atoms with Gasteiger partial charge in [-0.15, -0.1) is 0 Å². The van der Waals surface area contributed by atoms with E-state index in [1.165, 1.54) is 22.8 Å². The first kappa shape index (κ1) is 21.1. The van der Waals surface area contributed by atoms with Crippen LogP contribution in [-0.4, -0.2) is 46.9 Å². The van der Waals surface area contributed by atoms with Gasteiger partial charge in [-0.25, -0.2) is 8.42 Å². The zero-order valence-corrected chi connectivity index (χ0v) is 17.8. The second kappa shape index (κ2) is 8.94. The van der Waals surface area contributed by atoms with Crippen LogP contribution in [0.3, 0.4) is 0 Å². The number of rotatable bonds is 6. The van der Waals surface area contributed by atoms with Gasteiger partial charge in [0.1, 0.15) is 4.90 Å². The van der Waals surface area contributed by atoms with Gasteiger partial charge >= 0.3 is 5.97 Å². The van der Waals surface area contributed by atoms with Gasteiger partial charge in [0.05, 0.1) is 5.92 Å². The maximum Gasteiger partial charge on any atom is 0.309 e. The van der Waals surface area contributed by atoms with E-state index in [1.807, 2.05) is 31.2 Å². The lowest BCUT2D eigenvalue weighted by atomic mass is 9.98. The number of piperidine rings is 1. The quantitative estimate of drug-likeness (QED) is 0.535. The fourth-order valence-corrected chi connectivity index (χ4v) is 4.80. The van der Waals surface area contributed by atoms with Gasteiger partial charge in [0.2, 0.25) is 15.8 Å². The standard InChI is InChI=1S/C21H22N4O5S/c1-15-4-6-16(7-5-15)20-23-19(30-24-20)14-29-21(26)17-8-11-25(12-9-17)31(27,28)18-3-2-10-22-13-18/h2-7,10,13,17H,8-9,11-12,14H2,1H3. The molecule has 1 aromatic carbocycles. The molecule has 1 aliphatic rings. The smallest absolute Gasteiger partial charge is 0.309 e. The second-order valence-electron chi connectivity index (χ2n) is 7.35. The molecule has 3 heterocycles. The number of benzene rings is 1. The van der Waals surface area contributed by atoms with Gasteiger partial charge in [-0.05, 0) is 31.9 Å². The summed E-state index contributed by atoms with van der Waals surface area (Å²) in [6.45, 7) is 2.36. The summed E-state index contributed by atoms with van der Waals surface area (Å²) < 4.78 is 37.2. The molecule has 0 unspecified atom stereocenters. The molecule has 1 aliphatic heterocycles. The molecule has 162 valence electrons. The van der Waals surface area contributed by atoms with Crippen LogP contribution in [0.1, 0.15) is 24.3 Å². The summed E-state index contributed by atoms with van der Waals surface area (Å²) in [6, 6.07) is 10.8. The molecular weight excluding hydrogens is 420 g/mol. The minimum absolute atomic E-state index is 0.119.